The van der Waals surface area contributed by atoms with Crippen LogP contribution in [0.15, 0.2) is 53.0 Å². The van der Waals surface area contributed by atoms with Crippen LogP contribution in [0.2, 0.25) is 0 Å². The van der Waals surface area contributed by atoms with E-state index in [9.17, 15) is 0 Å². The number of rotatable bonds is 5. The predicted octanol–water partition coefficient (Wildman–Crippen LogP) is 4.03. The standard InChI is InChI=1S/C17H18BrNO/c18-16-6-7-17-15(12-16)8-9-19(17)10-11-20-13-14-4-2-1-3-5-14/h1-7,12H,8-11,13H2. The van der Waals surface area contributed by atoms with Gasteiger partial charge in [0.2, 0.25) is 0 Å². The molecule has 0 aliphatic carbocycles. The lowest BCUT2D eigenvalue weighted by atomic mass is 10.2. The van der Waals surface area contributed by atoms with E-state index in [4.69, 9.17) is 4.74 Å². The number of anilines is 1. The molecule has 3 rings (SSSR count). The zero-order valence-electron chi connectivity index (χ0n) is 11.4. The molecule has 0 fully saturated rings. The summed E-state index contributed by atoms with van der Waals surface area (Å²) in [6.45, 7) is 3.52. The quantitative estimate of drug-likeness (QED) is 0.767. The minimum Gasteiger partial charge on any atom is -0.375 e. The maximum atomic E-state index is 5.77. The molecule has 2 aromatic rings. The van der Waals surface area contributed by atoms with Crippen molar-refractivity contribution in [2.75, 3.05) is 24.6 Å². The molecule has 1 aliphatic rings. The summed E-state index contributed by atoms with van der Waals surface area (Å²) in [4.78, 5) is 2.41. The van der Waals surface area contributed by atoms with E-state index in [0.29, 0.717) is 6.61 Å². The number of hydrogen-bond donors (Lipinski definition) is 0. The van der Waals surface area contributed by atoms with Gasteiger partial charge in [-0.25, -0.2) is 0 Å². The first-order valence-electron chi connectivity index (χ1n) is 6.98. The van der Waals surface area contributed by atoms with E-state index >= 15 is 0 Å². The summed E-state index contributed by atoms with van der Waals surface area (Å²) in [5, 5.41) is 0. The molecular weight excluding hydrogens is 314 g/mol. The van der Waals surface area contributed by atoms with Gasteiger partial charge in [-0.2, -0.15) is 0 Å². The molecule has 0 spiro atoms. The van der Waals surface area contributed by atoms with Crippen LogP contribution in [-0.4, -0.2) is 19.7 Å². The fourth-order valence-electron chi connectivity index (χ4n) is 2.61. The van der Waals surface area contributed by atoms with Crippen molar-refractivity contribution in [3.05, 3.63) is 64.1 Å². The van der Waals surface area contributed by atoms with E-state index in [1.165, 1.54) is 21.3 Å². The van der Waals surface area contributed by atoms with E-state index in [0.717, 1.165) is 26.1 Å². The van der Waals surface area contributed by atoms with Crippen LogP contribution in [0.3, 0.4) is 0 Å². The largest absolute Gasteiger partial charge is 0.375 e. The van der Waals surface area contributed by atoms with Crippen molar-refractivity contribution in [2.24, 2.45) is 0 Å². The summed E-state index contributed by atoms with van der Waals surface area (Å²) in [5.74, 6) is 0. The minimum absolute atomic E-state index is 0.696. The number of ether oxygens (including phenoxy) is 1. The fraction of sp³-hybridized carbons (Fsp3) is 0.294. The van der Waals surface area contributed by atoms with Gasteiger partial charge in [0.15, 0.2) is 0 Å². The van der Waals surface area contributed by atoms with Crippen molar-refractivity contribution >= 4 is 21.6 Å². The molecular formula is C17H18BrNO. The number of hydrogen-bond acceptors (Lipinski definition) is 2. The molecule has 0 aromatic heterocycles. The molecule has 2 aromatic carbocycles. The highest BCUT2D eigenvalue weighted by atomic mass is 79.9. The Bertz CT molecular complexity index is 570. The van der Waals surface area contributed by atoms with Gasteiger partial charge in [-0.15, -0.1) is 0 Å². The average molecular weight is 332 g/mol. The zero-order valence-corrected chi connectivity index (χ0v) is 13.0. The molecule has 3 heteroatoms. The van der Waals surface area contributed by atoms with Crippen LogP contribution in [0.1, 0.15) is 11.1 Å². The van der Waals surface area contributed by atoms with Crippen LogP contribution in [0.25, 0.3) is 0 Å². The second-order valence-corrected chi connectivity index (χ2v) is 5.96. The van der Waals surface area contributed by atoms with Gasteiger partial charge in [0, 0.05) is 23.2 Å². The third-order valence-corrected chi connectivity index (χ3v) is 4.14. The molecule has 0 saturated carbocycles. The Morgan fingerprint density at radius 3 is 2.80 bits per heavy atom. The summed E-state index contributed by atoms with van der Waals surface area (Å²) in [6.07, 6.45) is 1.13. The molecule has 20 heavy (non-hydrogen) atoms. The molecule has 1 heterocycles. The maximum Gasteiger partial charge on any atom is 0.0717 e. The lowest BCUT2D eigenvalue weighted by Gasteiger charge is -2.19. The van der Waals surface area contributed by atoms with Crippen molar-refractivity contribution in [3.8, 4) is 0 Å². The first-order valence-corrected chi connectivity index (χ1v) is 7.77. The molecule has 0 amide bonds. The maximum absolute atomic E-state index is 5.77. The SMILES string of the molecule is Brc1ccc2c(c1)CCN2CCOCc1ccccc1. The number of halogens is 1. The van der Waals surface area contributed by atoms with E-state index in [-0.39, 0.29) is 0 Å². The highest BCUT2D eigenvalue weighted by Gasteiger charge is 2.18. The van der Waals surface area contributed by atoms with Gasteiger partial charge in [0.1, 0.15) is 0 Å². The summed E-state index contributed by atoms with van der Waals surface area (Å²) in [6, 6.07) is 16.9. The molecule has 0 radical (unpaired) electrons. The minimum atomic E-state index is 0.696. The second kappa shape index (κ2) is 6.42. The Balaban J connectivity index is 1.49. The van der Waals surface area contributed by atoms with Gasteiger partial charge in [-0.1, -0.05) is 46.3 Å². The topological polar surface area (TPSA) is 12.5 Å². The lowest BCUT2D eigenvalue weighted by Crippen LogP contribution is -2.25. The van der Waals surface area contributed by atoms with Crippen molar-refractivity contribution in [1.29, 1.82) is 0 Å². The van der Waals surface area contributed by atoms with Crippen molar-refractivity contribution in [1.82, 2.24) is 0 Å². The summed E-state index contributed by atoms with van der Waals surface area (Å²) >= 11 is 3.53. The Morgan fingerprint density at radius 1 is 1.10 bits per heavy atom. The van der Waals surface area contributed by atoms with Gasteiger partial charge in [-0.3, -0.25) is 0 Å². The van der Waals surface area contributed by atoms with Gasteiger partial charge in [-0.05, 0) is 35.7 Å². The molecule has 1 aliphatic heterocycles. The molecule has 0 N–H and O–H groups in total. The van der Waals surface area contributed by atoms with E-state index in [1.807, 2.05) is 18.2 Å². The zero-order chi connectivity index (χ0) is 13.8. The smallest absolute Gasteiger partial charge is 0.0717 e. The normalized spacial score (nSPS) is 13.6. The molecule has 0 unspecified atom stereocenters. The summed E-state index contributed by atoms with van der Waals surface area (Å²) in [7, 11) is 0. The van der Waals surface area contributed by atoms with Gasteiger partial charge >= 0.3 is 0 Å². The van der Waals surface area contributed by atoms with Crippen LogP contribution in [0.4, 0.5) is 5.69 Å². The van der Waals surface area contributed by atoms with E-state index in [2.05, 4.69) is 51.2 Å². The van der Waals surface area contributed by atoms with Gasteiger partial charge < -0.3 is 9.64 Å². The van der Waals surface area contributed by atoms with Crippen molar-refractivity contribution in [2.45, 2.75) is 13.0 Å². The third-order valence-electron chi connectivity index (χ3n) is 3.65. The number of benzene rings is 2. The Hall–Kier alpha value is -1.32. The summed E-state index contributed by atoms with van der Waals surface area (Å²) in [5.41, 5.74) is 4.03. The first-order chi connectivity index (χ1) is 9.83. The molecule has 0 saturated heterocycles. The second-order valence-electron chi connectivity index (χ2n) is 5.05. The van der Waals surface area contributed by atoms with Crippen LogP contribution in [0, 0.1) is 0 Å². The third kappa shape index (κ3) is 3.22. The molecule has 104 valence electrons. The highest BCUT2D eigenvalue weighted by molar-refractivity contribution is 9.10. The van der Waals surface area contributed by atoms with Crippen LogP contribution < -0.4 is 4.90 Å². The first kappa shape index (κ1) is 13.7. The fourth-order valence-corrected chi connectivity index (χ4v) is 3.02. The molecule has 0 bridgehead atoms. The van der Waals surface area contributed by atoms with E-state index in [1.54, 1.807) is 0 Å². The average Bonchev–Trinajstić information content (AvgIpc) is 2.87. The van der Waals surface area contributed by atoms with Crippen LogP contribution in [0.5, 0.6) is 0 Å². The predicted molar refractivity (Wildman–Crippen MR) is 86.2 cm³/mol. The van der Waals surface area contributed by atoms with Crippen LogP contribution in [-0.2, 0) is 17.8 Å². The highest BCUT2D eigenvalue weighted by Crippen LogP contribution is 2.30. The lowest BCUT2D eigenvalue weighted by molar-refractivity contribution is 0.127. The van der Waals surface area contributed by atoms with Crippen molar-refractivity contribution in [3.63, 3.8) is 0 Å². The number of fused-ring (bicyclic) bond motifs is 1. The Morgan fingerprint density at radius 2 is 1.95 bits per heavy atom. The van der Waals surface area contributed by atoms with E-state index < -0.39 is 0 Å². The molecule has 0 atom stereocenters. The van der Waals surface area contributed by atoms with Crippen LogP contribution >= 0.6 is 15.9 Å². The summed E-state index contributed by atoms with van der Waals surface area (Å²) < 4.78 is 6.93. The Kier molecular flexibility index (Phi) is 4.38. The molecule has 2 nitrogen and oxygen atoms in total. The van der Waals surface area contributed by atoms with Gasteiger partial charge in [0.25, 0.3) is 0 Å². The number of nitrogens with zero attached hydrogens (tertiary/aromatic N) is 1. The monoisotopic (exact) mass is 331 g/mol. The van der Waals surface area contributed by atoms with Crippen molar-refractivity contribution < 1.29 is 4.74 Å². The van der Waals surface area contributed by atoms with Gasteiger partial charge in [0.05, 0.1) is 13.2 Å². The Labute approximate surface area is 128 Å².